The molecule has 1 aliphatic rings. The molecule has 0 aliphatic carbocycles. The van der Waals surface area contributed by atoms with Gasteiger partial charge in [0.25, 0.3) is 0 Å². The monoisotopic (exact) mass is 390 g/mol. The SMILES string of the molecule is Nc1nccc(-c2ccc3[nH]nc(N)c3c2)c1C#CCCC(=O)N1CCOCC1. The first-order valence-electron chi connectivity index (χ1n) is 9.46. The highest BCUT2D eigenvalue weighted by Crippen LogP contribution is 2.30. The number of H-pyrrole nitrogens is 1. The van der Waals surface area contributed by atoms with Gasteiger partial charge in [-0.15, -0.1) is 0 Å². The minimum atomic E-state index is 0.0999. The van der Waals surface area contributed by atoms with Gasteiger partial charge in [-0.05, 0) is 23.8 Å². The fourth-order valence-electron chi connectivity index (χ4n) is 3.34. The van der Waals surface area contributed by atoms with Gasteiger partial charge in [0, 0.05) is 43.1 Å². The third kappa shape index (κ3) is 4.00. The molecule has 2 aromatic heterocycles. The van der Waals surface area contributed by atoms with Gasteiger partial charge in [0.1, 0.15) is 5.82 Å². The Morgan fingerprint density at radius 1 is 1.21 bits per heavy atom. The molecule has 0 saturated carbocycles. The number of pyridine rings is 1. The molecule has 0 atom stereocenters. The zero-order valence-electron chi connectivity index (χ0n) is 15.9. The molecule has 0 bridgehead atoms. The van der Waals surface area contributed by atoms with E-state index >= 15 is 0 Å². The van der Waals surface area contributed by atoms with Gasteiger partial charge in [0.15, 0.2) is 5.82 Å². The number of benzene rings is 1. The summed E-state index contributed by atoms with van der Waals surface area (Å²) in [5.41, 5.74) is 15.3. The second-order valence-corrected chi connectivity index (χ2v) is 6.78. The third-order valence-corrected chi connectivity index (χ3v) is 4.92. The number of hydrogen-bond donors (Lipinski definition) is 3. The van der Waals surface area contributed by atoms with Gasteiger partial charge >= 0.3 is 0 Å². The van der Waals surface area contributed by atoms with Gasteiger partial charge in [-0.1, -0.05) is 17.9 Å². The van der Waals surface area contributed by atoms with Gasteiger partial charge < -0.3 is 21.1 Å². The van der Waals surface area contributed by atoms with Crippen LogP contribution < -0.4 is 11.5 Å². The maximum absolute atomic E-state index is 12.2. The van der Waals surface area contributed by atoms with Crippen LogP contribution in [0.3, 0.4) is 0 Å². The maximum Gasteiger partial charge on any atom is 0.223 e. The molecular formula is C21H22N6O2. The fraction of sp³-hybridized carbons (Fsp3) is 0.286. The summed E-state index contributed by atoms with van der Waals surface area (Å²) in [5.74, 6) is 7.08. The van der Waals surface area contributed by atoms with E-state index in [2.05, 4.69) is 27.0 Å². The lowest BCUT2D eigenvalue weighted by Crippen LogP contribution is -2.40. The van der Waals surface area contributed by atoms with Crippen LogP contribution in [0, 0.1) is 11.8 Å². The number of nitrogen functional groups attached to an aromatic ring is 2. The predicted octanol–water partition coefficient (Wildman–Crippen LogP) is 1.78. The topological polar surface area (TPSA) is 123 Å². The van der Waals surface area contributed by atoms with Crippen molar-refractivity contribution >= 4 is 28.4 Å². The second-order valence-electron chi connectivity index (χ2n) is 6.78. The normalized spacial score (nSPS) is 13.9. The molecular weight excluding hydrogens is 368 g/mol. The molecule has 0 unspecified atom stereocenters. The summed E-state index contributed by atoms with van der Waals surface area (Å²) in [4.78, 5) is 18.2. The van der Waals surface area contributed by atoms with Gasteiger partial charge in [0.2, 0.25) is 5.91 Å². The minimum Gasteiger partial charge on any atom is -0.383 e. The number of fused-ring (bicyclic) bond motifs is 1. The number of morpholine rings is 1. The van der Waals surface area contributed by atoms with Crippen molar-refractivity contribution in [3.8, 4) is 23.0 Å². The molecule has 1 saturated heterocycles. The highest BCUT2D eigenvalue weighted by atomic mass is 16.5. The van der Waals surface area contributed by atoms with Crippen molar-refractivity contribution in [3.05, 3.63) is 36.0 Å². The predicted molar refractivity (Wildman–Crippen MR) is 112 cm³/mol. The van der Waals surface area contributed by atoms with Crippen molar-refractivity contribution < 1.29 is 9.53 Å². The average Bonchev–Trinajstić information content (AvgIpc) is 3.12. The first-order chi connectivity index (χ1) is 14.1. The zero-order valence-corrected chi connectivity index (χ0v) is 15.9. The highest BCUT2D eigenvalue weighted by molar-refractivity contribution is 5.93. The lowest BCUT2D eigenvalue weighted by Gasteiger charge is -2.26. The number of hydrogen-bond acceptors (Lipinski definition) is 6. The van der Waals surface area contributed by atoms with Gasteiger partial charge in [-0.3, -0.25) is 9.89 Å². The Labute approximate surface area is 168 Å². The molecule has 1 aromatic carbocycles. The number of aromatic amines is 1. The van der Waals surface area contributed by atoms with Gasteiger partial charge in [-0.2, -0.15) is 5.10 Å². The first kappa shape index (κ1) is 18.8. The molecule has 8 heteroatoms. The second kappa shape index (κ2) is 8.20. The lowest BCUT2D eigenvalue weighted by atomic mass is 9.99. The van der Waals surface area contributed by atoms with Gasteiger partial charge in [0.05, 0.1) is 24.3 Å². The van der Waals surface area contributed by atoms with Crippen LogP contribution in [0.15, 0.2) is 30.5 Å². The Bertz CT molecular complexity index is 1110. The van der Waals surface area contributed by atoms with Crippen LogP contribution in [-0.4, -0.2) is 52.3 Å². The van der Waals surface area contributed by atoms with E-state index in [1.54, 1.807) is 6.20 Å². The van der Waals surface area contributed by atoms with Crippen LogP contribution in [0.1, 0.15) is 18.4 Å². The Hall–Kier alpha value is -3.57. The fourth-order valence-corrected chi connectivity index (χ4v) is 3.34. The van der Waals surface area contributed by atoms with E-state index in [1.807, 2.05) is 29.2 Å². The number of nitrogens with one attached hydrogen (secondary N) is 1. The number of ether oxygens (including phenoxy) is 1. The van der Waals surface area contributed by atoms with Crippen molar-refractivity contribution in [3.63, 3.8) is 0 Å². The van der Waals surface area contributed by atoms with E-state index in [0.29, 0.717) is 56.3 Å². The van der Waals surface area contributed by atoms with E-state index in [0.717, 1.165) is 22.0 Å². The molecule has 3 aromatic rings. The van der Waals surface area contributed by atoms with Crippen molar-refractivity contribution in [1.29, 1.82) is 0 Å². The molecule has 1 fully saturated rings. The van der Waals surface area contributed by atoms with Crippen LogP contribution in [0.4, 0.5) is 11.6 Å². The summed E-state index contributed by atoms with van der Waals surface area (Å²) in [6.07, 6.45) is 2.48. The smallest absolute Gasteiger partial charge is 0.223 e. The van der Waals surface area contributed by atoms with E-state index < -0.39 is 0 Å². The van der Waals surface area contributed by atoms with Crippen LogP contribution in [0.2, 0.25) is 0 Å². The Morgan fingerprint density at radius 3 is 2.86 bits per heavy atom. The van der Waals surface area contributed by atoms with Crippen LogP contribution in [0.5, 0.6) is 0 Å². The summed E-state index contributed by atoms with van der Waals surface area (Å²) < 4.78 is 5.27. The summed E-state index contributed by atoms with van der Waals surface area (Å²) in [6, 6.07) is 7.71. The molecule has 0 spiro atoms. The standard InChI is InChI=1S/C21H22N6O2/c22-20-16(3-1-2-4-19(28)27-9-11-29-12-10-27)15(7-8-24-20)14-5-6-18-17(13-14)21(23)26-25-18/h5-8,13H,2,4,9-12H2,(H2,22,24)(H3,23,25,26). The van der Waals surface area contributed by atoms with E-state index in [1.165, 1.54) is 0 Å². The maximum atomic E-state index is 12.2. The van der Waals surface area contributed by atoms with Crippen molar-refractivity contribution in [2.45, 2.75) is 12.8 Å². The van der Waals surface area contributed by atoms with Crippen LogP contribution >= 0.6 is 0 Å². The van der Waals surface area contributed by atoms with Crippen molar-refractivity contribution in [1.82, 2.24) is 20.1 Å². The minimum absolute atomic E-state index is 0.0999. The summed E-state index contributed by atoms with van der Waals surface area (Å²) >= 11 is 0. The van der Waals surface area contributed by atoms with Crippen molar-refractivity contribution in [2.75, 3.05) is 37.8 Å². The number of rotatable bonds is 3. The summed E-state index contributed by atoms with van der Waals surface area (Å²) in [7, 11) is 0. The third-order valence-electron chi connectivity index (χ3n) is 4.92. The quantitative estimate of drug-likeness (QED) is 0.586. The average molecular weight is 390 g/mol. The first-order valence-corrected chi connectivity index (χ1v) is 9.46. The van der Waals surface area contributed by atoms with E-state index in [4.69, 9.17) is 16.2 Å². The van der Waals surface area contributed by atoms with Gasteiger partial charge in [-0.25, -0.2) is 4.98 Å². The highest BCUT2D eigenvalue weighted by Gasteiger charge is 2.15. The number of amides is 1. The molecule has 8 nitrogen and oxygen atoms in total. The summed E-state index contributed by atoms with van der Waals surface area (Å²) in [6.45, 7) is 2.48. The number of anilines is 2. The summed E-state index contributed by atoms with van der Waals surface area (Å²) in [5, 5.41) is 7.76. The Kier molecular flexibility index (Phi) is 5.31. The number of nitrogens with zero attached hydrogens (tertiary/aromatic N) is 3. The van der Waals surface area contributed by atoms with Crippen LogP contribution in [-0.2, 0) is 9.53 Å². The number of carbonyl (C=O) groups is 1. The number of carbonyl (C=O) groups excluding carboxylic acids is 1. The Balaban J connectivity index is 1.54. The number of nitrogens with two attached hydrogens (primary N) is 2. The Morgan fingerprint density at radius 2 is 2.03 bits per heavy atom. The molecule has 0 radical (unpaired) electrons. The largest absolute Gasteiger partial charge is 0.383 e. The lowest BCUT2D eigenvalue weighted by molar-refractivity contribution is -0.135. The molecule has 29 heavy (non-hydrogen) atoms. The molecule has 148 valence electrons. The molecule has 1 amide bonds. The molecule has 3 heterocycles. The zero-order chi connectivity index (χ0) is 20.2. The number of aromatic nitrogens is 3. The molecule has 5 N–H and O–H groups in total. The van der Waals surface area contributed by atoms with Crippen LogP contribution in [0.25, 0.3) is 22.0 Å². The van der Waals surface area contributed by atoms with Crippen molar-refractivity contribution in [2.24, 2.45) is 0 Å². The molecule has 4 rings (SSSR count). The van der Waals surface area contributed by atoms with E-state index in [9.17, 15) is 4.79 Å². The van der Waals surface area contributed by atoms with E-state index in [-0.39, 0.29) is 5.91 Å². The molecule has 1 aliphatic heterocycles.